The van der Waals surface area contributed by atoms with Crippen LogP contribution in [-0.2, 0) is 16.0 Å². The molecule has 0 fully saturated rings. The minimum absolute atomic E-state index is 0.532. The van der Waals surface area contributed by atoms with Gasteiger partial charge >= 0.3 is 0 Å². The van der Waals surface area contributed by atoms with Crippen molar-refractivity contribution in [3.05, 3.63) is 58.7 Å². The van der Waals surface area contributed by atoms with Crippen LogP contribution in [0.4, 0.5) is 11.4 Å². The van der Waals surface area contributed by atoms with Crippen LogP contribution in [-0.4, -0.2) is 12.2 Å². The van der Waals surface area contributed by atoms with E-state index in [4.69, 9.17) is 0 Å². The van der Waals surface area contributed by atoms with Gasteiger partial charge in [-0.2, -0.15) is 9.98 Å². The van der Waals surface area contributed by atoms with E-state index >= 15 is 0 Å². The predicted octanol–water partition coefficient (Wildman–Crippen LogP) is 3.83. The Kier molecular flexibility index (Phi) is 4.57. The number of rotatable bonds is 4. The molecule has 0 aliphatic rings. The number of aryl methyl sites for hydroxylation is 2. The zero-order valence-corrected chi connectivity index (χ0v) is 11.9. The largest absolute Gasteiger partial charge is 0.240 e. The van der Waals surface area contributed by atoms with Crippen LogP contribution < -0.4 is 0 Å². The van der Waals surface area contributed by atoms with Crippen LogP contribution in [0.1, 0.15) is 22.3 Å². The van der Waals surface area contributed by atoms with Crippen molar-refractivity contribution in [2.24, 2.45) is 9.98 Å². The van der Waals surface area contributed by atoms with Gasteiger partial charge in [0, 0.05) is 6.42 Å². The molecule has 0 aliphatic heterocycles. The molecule has 104 valence electrons. The summed E-state index contributed by atoms with van der Waals surface area (Å²) in [6.45, 7) is 3.78. The maximum atomic E-state index is 10.6. The third kappa shape index (κ3) is 3.21. The summed E-state index contributed by atoms with van der Waals surface area (Å²) in [6.07, 6.45) is 3.71. The second-order valence-corrected chi connectivity index (χ2v) is 4.75. The van der Waals surface area contributed by atoms with Crippen molar-refractivity contribution in [3.8, 4) is 0 Å². The fourth-order valence-corrected chi connectivity index (χ4v) is 2.34. The van der Waals surface area contributed by atoms with Crippen molar-refractivity contribution >= 4 is 23.5 Å². The average Bonchev–Trinajstić information content (AvgIpc) is 2.46. The van der Waals surface area contributed by atoms with Crippen LogP contribution in [0.15, 0.2) is 46.4 Å². The monoisotopic (exact) mass is 278 g/mol. The minimum atomic E-state index is 0.532. The number of para-hydroxylation sites is 2. The van der Waals surface area contributed by atoms with E-state index < -0.39 is 0 Å². The lowest BCUT2D eigenvalue weighted by atomic mass is 9.98. The first-order valence-corrected chi connectivity index (χ1v) is 6.50. The summed E-state index contributed by atoms with van der Waals surface area (Å²) in [5.41, 5.74) is 4.84. The lowest BCUT2D eigenvalue weighted by Gasteiger charge is -2.10. The first-order chi connectivity index (χ1) is 10.2. The summed E-state index contributed by atoms with van der Waals surface area (Å²) in [5.74, 6) is 0. The third-order valence-corrected chi connectivity index (χ3v) is 3.34. The molecule has 0 N–H and O–H groups in total. The molecule has 2 rings (SSSR count). The Morgan fingerprint density at radius 2 is 1.24 bits per heavy atom. The molecule has 4 heteroatoms. The predicted molar refractivity (Wildman–Crippen MR) is 80.7 cm³/mol. The van der Waals surface area contributed by atoms with Crippen molar-refractivity contribution in [1.29, 1.82) is 0 Å². The lowest BCUT2D eigenvalue weighted by Crippen LogP contribution is -1.93. The van der Waals surface area contributed by atoms with E-state index in [-0.39, 0.29) is 0 Å². The first-order valence-electron chi connectivity index (χ1n) is 6.50. The fourth-order valence-electron chi connectivity index (χ4n) is 2.34. The van der Waals surface area contributed by atoms with E-state index in [2.05, 4.69) is 9.98 Å². The number of aliphatic imine (C=N–C) groups is 2. The molecule has 0 unspecified atom stereocenters. The molecular formula is C17H14N2O2. The normalized spacial score (nSPS) is 9.62. The molecule has 0 atom stereocenters. The molecule has 0 saturated heterocycles. The molecule has 0 aliphatic carbocycles. The minimum Gasteiger partial charge on any atom is -0.211 e. The Bertz CT molecular complexity index is 703. The summed E-state index contributed by atoms with van der Waals surface area (Å²) in [7, 11) is 0. The summed E-state index contributed by atoms with van der Waals surface area (Å²) >= 11 is 0. The smallest absolute Gasteiger partial charge is 0.211 e. The summed E-state index contributed by atoms with van der Waals surface area (Å²) < 4.78 is 0. The van der Waals surface area contributed by atoms with Crippen LogP contribution >= 0.6 is 0 Å². The SMILES string of the molecule is Cc1cccc(Cc2cccc(C)c2N=C=O)c1N=C=O. The van der Waals surface area contributed by atoms with Gasteiger partial charge in [-0.15, -0.1) is 0 Å². The van der Waals surface area contributed by atoms with Gasteiger partial charge in [-0.05, 0) is 36.1 Å². The topological polar surface area (TPSA) is 58.9 Å². The zero-order chi connectivity index (χ0) is 15.2. The van der Waals surface area contributed by atoms with E-state index in [1.54, 1.807) is 12.2 Å². The van der Waals surface area contributed by atoms with Gasteiger partial charge in [-0.3, -0.25) is 0 Å². The first kappa shape index (κ1) is 14.6. The Morgan fingerprint density at radius 3 is 1.62 bits per heavy atom. The summed E-state index contributed by atoms with van der Waals surface area (Å²) in [4.78, 5) is 28.8. The second-order valence-electron chi connectivity index (χ2n) is 4.75. The van der Waals surface area contributed by atoms with Gasteiger partial charge in [-0.25, -0.2) is 9.59 Å². The number of hydrogen-bond donors (Lipinski definition) is 0. The van der Waals surface area contributed by atoms with Crippen LogP contribution in [0.25, 0.3) is 0 Å². The number of nitrogens with zero attached hydrogens (tertiary/aromatic N) is 2. The molecule has 0 amide bonds. The van der Waals surface area contributed by atoms with E-state index in [1.807, 2.05) is 50.2 Å². The highest BCUT2D eigenvalue weighted by Gasteiger charge is 2.10. The molecule has 0 saturated carbocycles. The molecule has 0 aromatic heterocycles. The number of benzene rings is 2. The van der Waals surface area contributed by atoms with Crippen molar-refractivity contribution in [3.63, 3.8) is 0 Å². The molecule has 0 heterocycles. The number of hydrogen-bond acceptors (Lipinski definition) is 4. The molecule has 4 nitrogen and oxygen atoms in total. The van der Waals surface area contributed by atoms with Gasteiger partial charge in [0.1, 0.15) is 0 Å². The highest BCUT2D eigenvalue weighted by Crippen LogP contribution is 2.30. The lowest BCUT2D eigenvalue weighted by molar-refractivity contribution is 0.564. The van der Waals surface area contributed by atoms with Gasteiger partial charge in [0.2, 0.25) is 12.2 Å². The Morgan fingerprint density at radius 1 is 0.810 bits per heavy atom. The van der Waals surface area contributed by atoms with Gasteiger partial charge in [0.05, 0.1) is 11.4 Å². The molecule has 2 aromatic rings. The maximum Gasteiger partial charge on any atom is 0.240 e. The third-order valence-electron chi connectivity index (χ3n) is 3.34. The quantitative estimate of drug-likeness (QED) is 0.630. The number of carbonyl (C=O) groups excluding carboxylic acids is 2. The average molecular weight is 278 g/mol. The van der Waals surface area contributed by atoms with Crippen molar-refractivity contribution in [1.82, 2.24) is 0 Å². The van der Waals surface area contributed by atoms with E-state index in [0.29, 0.717) is 17.8 Å². The Hall–Kier alpha value is -2.80. The summed E-state index contributed by atoms with van der Waals surface area (Å²) in [6, 6.07) is 11.4. The Balaban J connectivity index is 2.53. The van der Waals surface area contributed by atoms with Crippen LogP contribution in [0.2, 0.25) is 0 Å². The fraction of sp³-hybridized carbons (Fsp3) is 0.176. The van der Waals surface area contributed by atoms with Crippen molar-refractivity contribution < 1.29 is 9.59 Å². The molecular weight excluding hydrogens is 264 g/mol. The van der Waals surface area contributed by atoms with Crippen LogP contribution in [0.5, 0.6) is 0 Å². The highest BCUT2D eigenvalue weighted by molar-refractivity contribution is 5.63. The molecule has 0 radical (unpaired) electrons. The molecule has 0 bridgehead atoms. The standard InChI is InChI=1S/C17H14N2O2/c1-12-5-3-7-14(16(12)18-10-20)9-15-8-4-6-13(2)17(15)19-11-21/h3-8H,9H2,1-2H3. The molecule has 21 heavy (non-hydrogen) atoms. The van der Waals surface area contributed by atoms with Crippen LogP contribution in [0.3, 0.4) is 0 Å². The highest BCUT2D eigenvalue weighted by atomic mass is 16.1. The van der Waals surface area contributed by atoms with E-state index in [9.17, 15) is 9.59 Å². The molecule has 0 spiro atoms. The maximum absolute atomic E-state index is 10.6. The summed E-state index contributed by atoms with van der Waals surface area (Å²) in [5, 5.41) is 0. The van der Waals surface area contributed by atoms with E-state index in [1.165, 1.54) is 0 Å². The van der Waals surface area contributed by atoms with Crippen LogP contribution in [0, 0.1) is 13.8 Å². The van der Waals surface area contributed by atoms with Gasteiger partial charge in [-0.1, -0.05) is 36.4 Å². The molecule has 2 aromatic carbocycles. The van der Waals surface area contributed by atoms with Crippen molar-refractivity contribution in [2.75, 3.05) is 0 Å². The van der Waals surface area contributed by atoms with Gasteiger partial charge in [0.25, 0.3) is 0 Å². The van der Waals surface area contributed by atoms with Gasteiger partial charge < -0.3 is 0 Å². The van der Waals surface area contributed by atoms with Crippen molar-refractivity contribution in [2.45, 2.75) is 20.3 Å². The van der Waals surface area contributed by atoms with E-state index in [0.717, 1.165) is 22.3 Å². The Labute approximate surface area is 122 Å². The zero-order valence-electron chi connectivity index (χ0n) is 11.9. The van der Waals surface area contributed by atoms with Gasteiger partial charge in [0.15, 0.2) is 0 Å². The number of isocyanates is 2. The second kappa shape index (κ2) is 6.58.